The van der Waals surface area contributed by atoms with Gasteiger partial charge in [-0.2, -0.15) is 12.7 Å². The highest BCUT2D eigenvalue weighted by Gasteiger charge is 2.24. The Bertz CT molecular complexity index is 292. The Morgan fingerprint density at radius 2 is 1.93 bits per heavy atom. The number of rotatable bonds is 4. The van der Waals surface area contributed by atoms with E-state index < -0.39 is 10.2 Å². The minimum absolute atomic E-state index is 0.425. The summed E-state index contributed by atoms with van der Waals surface area (Å²) in [7, 11) is -0.185. The van der Waals surface area contributed by atoms with Gasteiger partial charge in [-0.1, -0.05) is 28.8 Å². The van der Waals surface area contributed by atoms with Gasteiger partial charge in [-0.05, 0) is 18.8 Å². The van der Waals surface area contributed by atoms with Crippen LogP contribution in [0.2, 0.25) is 0 Å². The Labute approximate surface area is 101 Å². The topological polar surface area (TPSA) is 49.4 Å². The highest BCUT2D eigenvalue weighted by atomic mass is 79.9. The van der Waals surface area contributed by atoms with Crippen LogP contribution in [0.15, 0.2) is 0 Å². The second-order valence-electron chi connectivity index (χ2n) is 4.20. The van der Waals surface area contributed by atoms with Gasteiger partial charge < -0.3 is 0 Å². The van der Waals surface area contributed by atoms with Crippen molar-refractivity contribution >= 4 is 26.1 Å². The number of nitrogens with zero attached hydrogens (tertiary/aromatic N) is 1. The fraction of sp³-hybridized carbons (Fsp3) is 1.00. The quantitative estimate of drug-likeness (QED) is 0.796. The summed E-state index contributed by atoms with van der Waals surface area (Å²) in [5, 5.41) is 0. The van der Waals surface area contributed by atoms with Crippen molar-refractivity contribution in [2.75, 3.05) is 20.6 Å². The SMILES string of the molecule is CN(C)S(=O)(=O)NCC1CCCCC1Br. The summed E-state index contributed by atoms with van der Waals surface area (Å²) in [6, 6.07) is 0. The first-order chi connectivity index (χ1) is 6.93. The summed E-state index contributed by atoms with van der Waals surface area (Å²) in [6.45, 7) is 0.538. The number of alkyl halides is 1. The zero-order valence-electron chi connectivity index (χ0n) is 9.24. The molecule has 2 unspecified atom stereocenters. The molecule has 0 aromatic rings. The lowest BCUT2D eigenvalue weighted by atomic mass is 9.89. The second kappa shape index (κ2) is 5.61. The van der Waals surface area contributed by atoms with E-state index in [4.69, 9.17) is 0 Å². The summed E-state index contributed by atoms with van der Waals surface area (Å²) >= 11 is 3.61. The molecule has 0 aromatic heterocycles. The number of hydrogen-bond acceptors (Lipinski definition) is 2. The van der Waals surface area contributed by atoms with Gasteiger partial charge in [-0.3, -0.25) is 0 Å². The Morgan fingerprint density at radius 3 is 2.47 bits per heavy atom. The van der Waals surface area contributed by atoms with E-state index in [1.54, 1.807) is 0 Å². The first-order valence-corrected chi connectivity index (χ1v) is 7.60. The maximum atomic E-state index is 11.5. The van der Waals surface area contributed by atoms with Crippen molar-refractivity contribution in [1.82, 2.24) is 9.03 Å². The molecule has 0 radical (unpaired) electrons. The zero-order chi connectivity index (χ0) is 11.5. The number of hydrogen-bond donors (Lipinski definition) is 1. The van der Waals surface area contributed by atoms with Crippen LogP contribution in [0.5, 0.6) is 0 Å². The first-order valence-electron chi connectivity index (χ1n) is 5.24. The van der Waals surface area contributed by atoms with Crippen molar-refractivity contribution in [3.63, 3.8) is 0 Å². The van der Waals surface area contributed by atoms with Crippen molar-refractivity contribution in [1.29, 1.82) is 0 Å². The average molecular weight is 299 g/mol. The van der Waals surface area contributed by atoms with Gasteiger partial charge in [0.1, 0.15) is 0 Å². The minimum atomic E-state index is -3.26. The molecule has 0 aromatic carbocycles. The van der Waals surface area contributed by atoms with E-state index in [2.05, 4.69) is 20.7 Å². The molecular weight excluding hydrogens is 280 g/mol. The van der Waals surface area contributed by atoms with Crippen molar-refractivity contribution in [2.24, 2.45) is 5.92 Å². The van der Waals surface area contributed by atoms with Gasteiger partial charge in [0.2, 0.25) is 0 Å². The second-order valence-corrected chi connectivity index (χ2v) is 7.34. The highest BCUT2D eigenvalue weighted by Crippen LogP contribution is 2.29. The summed E-state index contributed by atoms with van der Waals surface area (Å²) in [6.07, 6.45) is 4.70. The van der Waals surface area contributed by atoms with E-state index in [-0.39, 0.29) is 0 Å². The Balaban J connectivity index is 2.42. The van der Waals surface area contributed by atoms with Crippen molar-refractivity contribution in [3.8, 4) is 0 Å². The molecule has 0 aliphatic heterocycles. The maximum Gasteiger partial charge on any atom is 0.278 e. The molecular formula is C9H19BrN2O2S. The normalized spacial score (nSPS) is 28.3. The lowest BCUT2D eigenvalue weighted by Gasteiger charge is -2.27. The molecule has 0 saturated heterocycles. The molecule has 90 valence electrons. The molecule has 1 fully saturated rings. The van der Waals surface area contributed by atoms with Crippen LogP contribution in [0.4, 0.5) is 0 Å². The Kier molecular flexibility index (Phi) is 5.02. The fourth-order valence-electron chi connectivity index (χ4n) is 1.73. The molecule has 0 heterocycles. The predicted molar refractivity (Wildman–Crippen MR) is 65.3 cm³/mol. The third kappa shape index (κ3) is 4.01. The van der Waals surface area contributed by atoms with Crippen LogP contribution in [0.3, 0.4) is 0 Å². The molecule has 0 spiro atoms. The molecule has 2 atom stereocenters. The van der Waals surface area contributed by atoms with E-state index in [9.17, 15) is 8.42 Å². The maximum absolute atomic E-state index is 11.5. The van der Waals surface area contributed by atoms with Gasteiger partial charge in [0, 0.05) is 25.5 Å². The molecule has 1 aliphatic rings. The van der Waals surface area contributed by atoms with E-state index >= 15 is 0 Å². The van der Waals surface area contributed by atoms with Gasteiger partial charge >= 0.3 is 0 Å². The molecule has 4 nitrogen and oxygen atoms in total. The lowest BCUT2D eigenvalue weighted by Crippen LogP contribution is -2.40. The molecule has 1 rings (SSSR count). The monoisotopic (exact) mass is 298 g/mol. The number of halogens is 1. The lowest BCUT2D eigenvalue weighted by molar-refractivity contribution is 0.370. The van der Waals surface area contributed by atoms with E-state index in [1.165, 1.54) is 31.2 Å². The standard InChI is InChI=1S/C9H19BrN2O2S/c1-12(2)15(13,14)11-7-8-5-3-4-6-9(8)10/h8-9,11H,3-7H2,1-2H3. The van der Waals surface area contributed by atoms with Gasteiger partial charge in [-0.15, -0.1) is 0 Å². The van der Waals surface area contributed by atoms with Crippen LogP contribution in [-0.4, -0.2) is 38.2 Å². The average Bonchev–Trinajstić information content (AvgIpc) is 2.16. The van der Waals surface area contributed by atoms with Crippen molar-refractivity contribution in [2.45, 2.75) is 30.5 Å². The zero-order valence-corrected chi connectivity index (χ0v) is 11.6. The van der Waals surface area contributed by atoms with Crippen molar-refractivity contribution in [3.05, 3.63) is 0 Å². The van der Waals surface area contributed by atoms with Crippen molar-refractivity contribution < 1.29 is 8.42 Å². The van der Waals surface area contributed by atoms with E-state index in [0.717, 1.165) is 12.8 Å². The predicted octanol–water partition coefficient (Wildman–Crippen LogP) is 1.34. The minimum Gasteiger partial charge on any atom is -0.202 e. The van der Waals surface area contributed by atoms with Gasteiger partial charge in [-0.25, -0.2) is 4.72 Å². The Hall–Kier alpha value is 0.350. The number of nitrogens with one attached hydrogen (secondary N) is 1. The van der Waals surface area contributed by atoms with Gasteiger partial charge in [0.15, 0.2) is 0 Å². The summed E-state index contributed by atoms with van der Waals surface area (Å²) < 4.78 is 26.8. The summed E-state index contributed by atoms with van der Waals surface area (Å²) in [4.78, 5) is 0.455. The van der Waals surface area contributed by atoms with Crippen LogP contribution in [0.25, 0.3) is 0 Å². The largest absolute Gasteiger partial charge is 0.278 e. The smallest absolute Gasteiger partial charge is 0.202 e. The molecule has 1 aliphatic carbocycles. The van der Waals surface area contributed by atoms with Crippen LogP contribution in [-0.2, 0) is 10.2 Å². The molecule has 0 amide bonds. The molecule has 1 saturated carbocycles. The van der Waals surface area contributed by atoms with Gasteiger partial charge in [0.05, 0.1) is 0 Å². The third-order valence-corrected chi connectivity index (χ3v) is 5.52. The van der Waals surface area contributed by atoms with Crippen LogP contribution >= 0.6 is 15.9 Å². The van der Waals surface area contributed by atoms with Crippen LogP contribution in [0, 0.1) is 5.92 Å². The Morgan fingerprint density at radius 1 is 1.33 bits per heavy atom. The van der Waals surface area contributed by atoms with Crippen LogP contribution < -0.4 is 4.72 Å². The molecule has 1 N–H and O–H groups in total. The summed E-state index contributed by atoms with van der Waals surface area (Å²) in [5.41, 5.74) is 0. The molecule has 6 heteroatoms. The molecule has 15 heavy (non-hydrogen) atoms. The van der Waals surface area contributed by atoms with E-state index in [1.807, 2.05) is 0 Å². The fourth-order valence-corrected chi connectivity index (χ4v) is 3.19. The molecule has 0 bridgehead atoms. The highest BCUT2D eigenvalue weighted by molar-refractivity contribution is 9.09. The summed E-state index contributed by atoms with van der Waals surface area (Å²) in [5.74, 6) is 0.425. The van der Waals surface area contributed by atoms with Crippen LogP contribution in [0.1, 0.15) is 25.7 Å². The first kappa shape index (κ1) is 13.4. The third-order valence-electron chi connectivity index (χ3n) is 2.82. The van der Waals surface area contributed by atoms with E-state index in [0.29, 0.717) is 17.3 Å². The van der Waals surface area contributed by atoms with Gasteiger partial charge in [0.25, 0.3) is 10.2 Å².